The Morgan fingerprint density at radius 1 is 1.24 bits per heavy atom. The van der Waals surface area contributed by atoms with E-state index in [2.05, 4.69) is 20.8 Å². The molecule has 0 aliphatic heterocycles. The van der Waals surface area contributed by atoms with Crippen molar-refractivity contribution in [3.8, 4) is 0 Å². The third-order valence-corrected chi connectivity index (χ3v) is 2.89. The molecule has 4 N–H and O–H groups in total. The molecule has 1 heterocycles. The standard InChI is InChI=1S/C12H11Cl2N5O.ClH/c1-6-4-10(15)17-12(16-6)19-18-11(20)8-3-2-7(13)5-9(8)14;/h2-5H,1H3,(H,18,20)(H3,15,16,17,19);1H. The van der Waals surface area contributed by atoms with Crippen LogP contribution >= 0.6 is 35.6 Å². The van der Waals surface area contributed by atoms with Gasteiger partial charge in [0.2, 0.25) is 5.95 Å². The Morgan fingerprint density at radius 2 is 1.95 bits per heavy atom. The number of nitrogens with two attached hydrogens (primary N) is 1. The van der Waals surface area contributed by atoms with Gasteiger partial charge in [-0.2, -0.15) is 4.98 Å². The maximum absolute atomic E-state index is 11.9. The topological polar surface area (TPSA) is 92.9 Å². The number of carbonyl (C=O) groups excluding carboxylic acids is 1. The van der Waals surface area contributed by atoms with Crippen LogP contribution in [0.2, 0.25) is 10.0 Å². The van der Waals surface area contributed by atoms with E-state index in [1.165, 1.54) is 12.1 Å². The molecule has 1 aromatic heterocycles. The van der Waals surface area contributed by atoms with Gasteiger partial charge in [0, 0.05) is 16.8 Å². The number of benzene rings is 1. The van der Waals surface area contributed by atoms with Gasteiger partial charge in [0.15, 0.2) is 0 Å². The van der Waals surface area contributed by atoms with Crippen molar-refractivity contribution >= 4 is 53.3 Å². The number of nitrogens with zero attached hydrogens (tertiary/aromatic N) is 2. The fourth-order valence-electron chi connectivity index (χ4n) is 1.50. The van der Waals surface area contributed by atoms with Gasteiger partial charge < -0.3 is 5.73 Å². The summed E-state index contributed by atoms with van der Waals surface area (Å²) in [5.41, 5.74) is 11.5. The third kappa shape index (κ3) is 4.63. The summed E-state index contributed by atoms with van der Waals surface area (Å²) in [6, 6.07) is 6.19. The number of hydrogen-bond acceptors (Lipinski definition) is 5. The van der Waals surface area contributed by atoms with Crippen LogP contribution in [0.25, 0.3) is 0 Å². The van der Waals surface area contributed by atoms with Crippen molar-refractivity contribution in [2.45, 2.75) is 6.92 Å². The molecule has 0 unspecified atom stereocenters. The van der Waals surface area contributed by atoms with Crippen LogP contribution in [0.4, 0.5) is 11.8 Å². The molecule has 0 saturated heterocycles. The second kappa shape index (κ2) is 7.31. The lowest BCUT2D eigenvalue weighted by Gasteiger charge is -2.09. The Labute approximate surface area is 137 Å². The molecule has 0 radical (unpaired) electrons. The molecule has 0 saturated carbocycles. The lowest BCUT2D eigenvalue weighted by atomic mass is 10.2. The summed E-state index contributed by atoms with van der Waals surface area (Å²) in [5.74, 6) is 0.0649. The van der Waals surface area contributed by atoms with E-state index in [0.717, 1.165) is 0 Å². The number of aromatic nitrogens is 2. The molecule has 0 atom stereocenters. The zero-order valence-electron chi connectivity index (χ0n) is 10.9. The minimum atomic E-state index is -0.435. The molecule has 0 bridgehead atoms. The molecular weight excluding hydrogens is 337 g/mol. The summed E-state index contributed by atoms with van der Waals surface area (Å²) in [6.07, 6.45) is 0. The lowest BCUT2D eigenvalue weighted by Crippen LogP contribution is -2.30. The number of aryl methyl sites for hydroxylation is 1. The predicted molar refractivity (Wildman–Crippen MR) is 86.0 cm³/mol. The van der Waals surface area contributed by atoms with Gasteiger partial charge in [-0.15, -0.1) is 12.4 Å². The van der Waals surface area contributed by atoms with Gasteiger partial charge in [0.25, 0.3) is 5.91 Å². The minimum Gasteiger partial charge on any atom is -0.384 e. The summed E-state index contributed by atoms with van der Waals surface area (Å²) in [4.78, 5) is 19.9. The number of rotatable bonds is 3. The lowest BCUT2D eigenvalue weighted by molar-refractivity contribution is 0.0962. The molecular formula is C12H12Cl3N5O. The summed E-state index contributed by atoms with van der Waals surface area (Å²) in [6.45, 7) is 1.76. The van der Waals surface area contributed by atoms with E-state index in [9.17, 15) is 4.79 Å². The van der Waals surface area contributed by atoms with E-state index >= 15 is 0 Å². The summed E-state index contributed by atoms with van der Waals surface area (Å²) < 4.78 is 0. The second-order valence-electron chi connectivity index (χ2n) is 3.96. The van der Waals surface area contributed by atoms with Crippen LogP contribution in [0.1, 0.15) is 16.1 Å². The molecule has 1 aromatic carbocycles. The number of hydrogen-bond donors (Lipinski definition) is 3. The average molecular weight is 349 g/mol. The highest BCUT2D eigenvalue weighted by molar-refractivity contribution is 6.36. The monoisotopic (exact) mass is 347 g/mol. The Bertz CT molecular complexity index is 645. The zero-order valence-corrected chi connectivity index (χ0v) is 13.2. The number of hydrazine groups is 1. The largest absolute Gasteiger partial charge is 0.384 e. The van der Waals surface area contributed by atoms with Crippen molar-refractivity contribution in [1.29, 1.82) is 0 Å². The van der Waals surface area contributed by atoms with Gasteiger partial charge in [-0.1, -0.05) is 23.2 Å². The van der Waals surface area contributed by atoms with E-state index in [4.69, 9.17) is 28.9 Å². The van der Waals surface area contributed by atoms with Crippen LogP contribution in [0.5, 0.6) is 0 Å². The molecule has 0 aliphatic carbocycles. The van der Waals surface area contributed by atoms with Gasteiger partial charge >= 0.3 is 0 Å². The summed E-state index contributed by atoms with van der Waals surface area (Å²) in [7, 11) is 0. The average Bonchev–Trinajstić information content (AvgIpc) is 2.35. The smallest absolute Gasteiger partial charge is 0.271 e. The molecule has 0 spiro atoms. The molecule has 0 fully saturated rings. The minimum absolute atomic E-state index is 0. The highest BCUT2D eigenvalue weighted by Gasteiger charge is 2.11. The van der Waals surface area contributed by atoms with Gasteiger partial charge in [-0.25, -0.2) is 4.98 Å². The van der Waals surface area contributed by atoms with E-state index in [1.54, 1.807) is 19.1 Å². The number of carbonyl (C=O) groups is 1. The van der Waals surface area contributed by atoms with Crippen molar-refractivity contribution in [3.05, 3.63) is 45.6 Å². The zero-order chi connectivity index (χ0) is 14.7. The molecule has 6 nitrogen and oxygen atoms in total. The Hall–Kier alpha value is -1.76. The molecule has 9 heteroatoms. The maximum Gasteiger partial charge on any atom is 0.271 e. The number of nitrogens with one attached hydrogen (secondary N) is 2. The SMILES string of the molecule is Cc1cc(N)nc(NNC(=O)c2ccc(Cl)cc2Cl)n1.Cl. The molecule has 2 rings (SSSR count). The highest BCUT2D eigenvalue weighted by Crippen LogP contribution is 2.20. The predicted octanol–water partition coefficient (Wildman–Crippen LogP) is 2.85. The van der Waals surface area contributed by atoms with Crippen LogP contribution in [-0.4, -0.2) is 15.9 Å². The van der Waals surface area contributed by atoms with Crippen molar-refractivity contribution in [2.24, 2.45) is 0 Å². The fraction of sp³-hybridized carbons (Fsp3) is 0.0833. The maximum atomic E-state index is 11.9. The fourth-order valence-corrected chi connectivity index (χ4v) is 2.00. The van der Waals surface area contributed by atoms with Crippen LogP contribution in [0.3, 0.4) is 0 Å². The van der Waals surface area contributed by atoms with Crippen LogP contribution in [0, 0.1) is 6.92 Å². The second-order valence-corrected chi connectivity index (χ2v) is 4.80. The van der Waals surface area contributed by atoms with Crippen LogP contribution in [0.15, 0.2) is 24.3 Å². The van der Waals surface area contributed by atoms with Crippen molar-refractivity contribution < 1.29 is 4.79 Å². The van der Waals surface area contributed by atoms with Crippen molar-refractivity contribution in [1.82, 2.24) is 15.4 Å². The third-order valence-electron chi connectivity index (χ3n) is 2.34. The van der Waals surface area contributed by atoms with Gasteiger partial charge in [0.1, 0.15) is 5.82 Å². The Balaban J connectivity index is 0.00000220. The Kier molecular flexibility index (Phi) is 6.02. The first-order chi connectivity index (χ1) is 9.45. The first-order valence-corrected chi connectivity index (χ1v) is 6.34. The normalized spacial score (nSPS) is 9.67. The molecule has 0 aliphatic rings. The first-order valence-electron chi connectivity index (χ1n) is 5.58. The number of nitrogen functional groups attached to an aromatic ring is 1. The molecule has 1 amide bonds. The quantitative estimate of drug-likeness (QED) is 0.742. The number of halogens is 3. The van der Waals surface area contributed by atoms with Gasteiger partial charge in [-0.05, 0) is 25.1 Å². The van der Waals surface area contributed by atoms with Crippen molar-refractivity contribution in [3.63, 3.8) is 0 Å². The summed E-state index contributed by atoms with van der Waals surface area (Å²) in [5, 5.41) is 0.704. The number of anilines is 2. The Morgan fingerprint density at radius 3 is 2.57 bits per heavy atom. The van der Waals surface area contributed by atoms with Crippen LogP contribution < -0.4 is 16.6 Å². The van der Waals surface area contributed by atoms with Gasteiger partial charge in [0.05, 0.1) is 10.6 Å². The first kappa shape index (κ1) is 17.3. The van der Waals surface area contributed by atoms with E-state index in [1.807, 2.05) is 0 Å². The van der Waals surface area contributed by atoms with E-state index in [-0.39, 0.29) is 28.9 Å². The van der Waals surface area contributed by atoms with E-state index in [0.29, 0.717) is 16.5 Å². The van der Waals surface area contributed by atoms with Gasteiger partial charge in [-0.3, -0.25) is 15.6 Å². The molecule has 2 aromatic rings. The molecule has 21 heavy (non-hydrogen) atoms. The summed E-state index contributed by atoms with van der Waals surface area (Å²) >= 11 is 11.7. The van der Waals surface area contributed by atoms with Crippen LogP contribution in [-0.2, 0) is 0 Å². The molecule has 112 valence electrons. The van der Waals surface area contributed by atoms with E-state index < -0.39 is 5.91 Å². The highest BCUT2D eigenvalue weighted by atomic mass is 35.5. The number of amides is 1. The van der Waals surface area contributed by atoms with Crippen molar-refractivity contribution in [2.75, 3.05) is 11.2 Å².